The Bertz CT molecular complexity index is 631. The van der Waals surface area contributed by atoms with Crippen molar-refractivity contribution in [3.8, 4) is 0 Å². The molecule has 5 heteroatoms. The largest absolute Gasteiger partial charge is 0.478 e. The van der Waals surface area contributed by atoms with Crippen LogP contribution in [0.2, 0.25) is 0 Å². The molecule has 0 unspecified atom stereocenters. The fourth-order valence-electron chi connectivity index (χ4n) is 2.33. The summed E-state index contributed by atoms with van der Waals surface area (Å²) in [5.74, 6) is -1.36. The molecule has 1 fully saturated rings. The maximum Gasteiger partial charge on any atom is 0.328 e. The SMILES string of the molecule is CC1(C)CC(=O)N(Cc2cccc(C=CC(=O)O)c2)C1=O. The highest BCUT2D eigenvalue weighted by Crippen LogP contribution is 2.32. The van der Waals surface area contributed by atoms with E-state index in [-0.39, 0.29) is 24.8 Å². The van der Waals surface area contributed by atoms with Crippen molar-refractivity contribution >= 4 is 23.9 Å². The van der Waals surface area contributed by atoms with Gasteiger partial charge in [0, 0.05) is 12.5 Å². The number of hydrogen-bond donors (Lipinski definition) is 1. The summed E-state index contributed by atoms with van der Waals surface area (Å²) >= 11 is 0. The van der Waals surface area contributed by atoms with Crippen molar-refractivity contribution in [2.75, 3.05) is 0 Å². The zero-order valence-electron chi connectivity index (χ0n) is 12.0. The minimum Gasteiger partial charge on any atom is -0.478 e. The summed E-state index contributed by atoms with van der Waals surface area (Å²) in [6.45, 7) is 3.74. The Morgan fingerprint density at radius 2 is 2.10 bits per heavy atom. The number of likely N-dealkylation sites (tertiary alicyclic amines) is 1. The Hall–Kier alpha value is -2.43. The summed E-state index contributed by atoms with van der Waals surface area (Å²) in [6.07, 6.45) is 2.75. The summed E-state index contributed by atoms with van der Waals surface area (Å²) in [5, 5.41) is 8.62. The first-order valence-electron chi connectivity index (χ1n) is 6.64. The van der Waals surface area contributed by atoms with Crippen LogP contribution in [0.3, 0.4) is 0 Å². The number of carboxylic acid groups (broad SMARTS) is 1. The van der Waals surface area contributed by atoms with Crippen molar-refractivity contribution in [1.29, 1.82) is 0 Å². The Morgan fingerprint density at radius 1 is 1.38 bits per heavy atom. The summed E-state index contributed by atoms with van der Waals surface area (Å²) in [6, 6.07) is 7.11. The van der Waals surface area contributed by atoms with Gasteiger partial charge in [0.05, 0.1) is 12.0 Å². The van der Waals surface area contributed by atoms with E-state index in [2.05, 4.69) is 0 Å². The van der Waals surface area contributed by atoms with E-state index < -0.39 is 11.4 Å². The minimum atomic E-state index is -1.02. The van der Waals surface area contributed by atoms with Gasteiger partial charge in [-0.3, -0.25) is 14.5 Å². The molecule has 1 aromatic carbocycles. The molecule has 1 aliphatic rings. The second-order valence-corrected chi connectivity index (χ2v) is 5.76. The van der Waals surface area contributed by atoms with Crippen LogP contribution in [0.5, 0.6) is 0 Å². The third kappa shape index (κ3) is 3.37. The lowest BCUT2D eigenvalue weighted by Crippen LogP contribution is -2.32. The summed E-state index contributed by atoms with van der Waals surface area (Å²) in [4.78, 5) is 35.8. The molecule has 21 heavy (non-hydrogen) atoms. The summed E-state index contributed by atoms with van der Waals surface area (Å²) in [7, 11) is 0. The molecule has 1 heterocycles. The van der Waals surface area contributed by atoms with E-state index >= 15 is 0 Å². The molecule has 5 nitrogen and oxygen atoms in total. The maximum atomic E-state index is 12.2. The van der Waals surface area contributed by atoms with Gasteiger partial charge < -0.3 is 5.11 Å². The van der Waals surface area contributed by atoms with Crippen molar-refractivity contribution in [2.24, 2.45) is 5.41 Å². The third-order valence-corrected chi connectivity index (χ3v) is 3.43. The number of aliphatic carboxylic acids is 1. The van der Waals surface area contributed by atoms with Crippen molar-refractivity contribution in [3.63, 3.8) is 0 Å². The molecule has 0 radical (unpaired) electrons. The summed E-state index contributed by atoms with van der Waals surface area (Å²) < 4.78 is 0. The highest BCUT2D eigenvalue weighted by molar-refractivity contribution is 6.05. The monoisotopic (exact) mass is 287 g/mol. The fraction of sp³-hybridized carbons (Fsp3) is 0.312. The lowest BCUT2D eigenvalue weighted by Gasteiger charge is -2.18. The van der Waals surface area contributed by atoms with Gasteiger partial charge in [0.15, 0.2) is 0 Å². The molecule has 2 rings (SSSR count). The number of carboxylic acids is 1. The number of carbonyl (C=O) groups is 3. The number of imide groups is 1. The van der Waals surface area contributed by atoms with Gasteiger partial charge >= 0.3 is 5.97 Å². The topological polar surface area (TPSA) is 74.7 Å². The molecular weight excluding hydrogens is 270 g/mol. The number of hydrogen-bond acceptors (Lipinski definition) is 3. The summed E-state index contributed by atoms with van der Waals surface area (Å²) in [5.41, 5.74) is 0.868. The first-order chi connectivity index (χ1) is 9.79. The van der Waals surface area contributed by atoms with Gasteiger partial charge in [-0.25, -0.2) is 4.79 Å². The van der Waals surface area contributed by atoms with Crippen LogP contribution in [0.25, 0.3) is 6.08 Å². The number of benzene rings is 1. The van der Waals surface area contributed by atoms with Gasteiger partial charge in [0.2, 0.25) is 11.8 Å². The molecule has 0 spiro atoms. The normalized spacial score (nSPS) is 17.7. The van der Waals surface area contributed by atoms with Crippen LogP contribution in [-0.4, -0.2) is 27.8 Å². The van der Waals surface area contributed by atoms with Gasteiger partial charge in [-0.2, -0.15) is 0 Å². The van der Waals surface area contributed by atoms with Crippen molar-refractivity contribution in [3.05, 3.63) is 41.5 Å². The molecule has 2 amide bonds. The predicted molar refractivity (Wildman–Crippen MR) is 77.1 cm³/mol. The quantitative estimate of drug-likeness (QED) is 0.679. The molecule has 0 saturated carbocycles. The molecule has 110 valence electrons. The standard InChI is InChI=1S/C16H17NO4/c1-16(2)9-13(18)17(15(16)21)10-12-5-3-4-11(8-12)6-7-14(19)20/h3-8H,9-10H2,1-2H3,(H,19,20). The van der Waals surface area contributed by atoms with Gasteiger partial charge in [-0.05, 0) is 23.3 Å². The Morgan fingerprint density at radius 3 is 2.67 bits per heavy atom. The van der Waals surface area contributed by atoms with E-state index in [0.29, 0.717) is 5.56 Å². The van der Waals surface area contributed by atoms with E-state index in [1.165, 1.54) is 11.0 Å². The second-order valence-electron chi connectivity index (χ2n) is 5.76. The van der Waals surface area contributed by atoms with Crippen LogP contribution >= 0.6 is 0 Å². The van der Waals surface area contributed by atoms with Gasteiger partial charge in [0.1, 0.15) is 0 Å². The molecule has 1 aromatic rings. The highest BCUT2D eigenvalue weighted by Gasteiger charge is 2.44. The van der Waals surface area contributed by atoms with Crippen molar-refractivity contribution in [1.82, 2.24) is 4.90 Å². The molecule has 0 atom stereocenters. The molecule has 1 N–H and O–H groups in total. The van der Waals surface area contributed by atoms with Crippen LogP contribution < -0.4 is 0 Å². The second kappa shape index (κ2) is 5.52. The molecular formula is C16H17NO4. The third-order valence-electron chi connectivity index (χ3n) is 3.43. The first kappa shape index (κ1) is 15.0. The lowest BCUT2D eigenvalue weighted by atomic mass is 9.92. The predicted octanol–water partition coefficient (Wildman–Crippen LogP) is 2.07. The van der Waals surface area contributed by atoms with Crippen molar-refractivity contribution < 1.29 is 19.5 Å². The Kier molecular flexibility index (Phi) is 3.93. The molecule has 0 aromatic heterocycles. The molecule has 0 aliphatic carbocycles. The number of rotatable bonds is 4. The average molecular weight is 287 g/mol. The number of carbonyl (C=O) groups excluding carboxylic acids is 2. The molecule has 1 aliphatic heterocycles. The van der Waals surface area contributed by atoms with E-state index in [9.17, 15) is 14.4 Å². The maximum absolute atomic E-state index is 12.2. The van der Waals surface area contributed by atoms with E-state index in [1.54, 1.807) is 32.0 Å². The lowest BCUT2D eigenvalue weighted by molar-refractivity contribution is -0.141. The average Bonchev–Trinajstić information content (AvgIpc) is 2.59. The number of nitrogens with zero attached hydrogens (tertiary/aromatic N) is 1. The van der Waals surface area contributed by atoms with Crippen LogP contribution in [-0.2, 0) is 20.9 Å². The first-order valence-corrected chi connectivity index (χ1v) is 6.64. The van der Waals surface area contributed by atoms with E-state index in [0.717, 1.165) is 11.6 Å². The zero-order chi connectivity index (χ0) is 15.6. The van der Waals surface area contributed by atoms with Crippen LogP contribution in [0.4, 0.5) is 0 Å². The van der Waals surface area contributed by atoms with Gasteiger partial charge in [-0.15, -0.1) is 0 Å². The van der Waals surface area contributed by atoms with Crippen LogP contribution in [0.15, 0.2) is 30.3 Å². The van der Waals surface area contributed by atoms with E-state index in [1.807, 2.05) is 6.07 Å². The zero-order valence-corrected chi connectivity index (χ0v) is 12.0. The molecule has 0 bridgehead atoms. The smallest absolute Gasteiger partial charge is 0.328 e. The van der Waals surface area contributed by atoms with Crippen LogP contribution in [0.1, 0.15) is 31.4 Å². The van der Waals surface area contributed by atoms with Crippen molar-refractivity contribution in [2.45, 2.75) is 26.8 Å². The fourth-order valence-corrected chi connectivity index (χ4v) is 2.33. The van der Waals surface area contributed by atoms with E-state index in [4.69, 9.17) is 5.11 Å². The van der Waals surface area contributed by atoms with Gasteiger partial charge in [0.25, 0.3) is 0 Å². The Labute approximate surface area is 122 Å². The Balaban J connectivity index is 2.17. The van der Waals surface area contributed by atoms with Gasteiger partial charge in [-0.1, -0.05) is 32.0 Å². The number of amides is 2. The highest BCUT2D eigenvalue weighted by atomic mass is 16.4. The molecule has 1 saturated heterocycles. The minimum absolute atomic E-state index is 0.168. The van der Waals surface area contributed by atoms with Crippen LogP contribution in [0, 0.1) is 5.41 Å².